The maximum atomic E-state index is 13.4. The largest absolute Gasteiger partial charge is 0.443 e. The summed E-state index contributed by atoms with van der Waals surface area (Å²) >= 11 is 6.32. The molecule has 194 valence electrons. The molecule has 11 heteroatoms. The molecular weight excluding hydrogens is 474 g/mol. The number of carbonyl (C=O) groups excluding carboxylic acids is 3. The van der Waals surface area contributed by atoms with Crippen LogP contribution in [0.4, 0.5) is 14.4 Å². The lowest BCUT2D eigenvalue weighted by molar-refractivity contribution is 0.0300. The van der Waals surface area contributed by atoms with Crippen LogP contribution in [0.1, 0.15) is 52.7 Å². The first-order chi connectivity index (χ1) is 16.0. The minimum atomic E-state index is -0.870. The summed E-state index contributed by atoms with van der Waals surface area (Å²) in [7, 11) is 3.24. The van der Waals surface area contributed by atoms with Crippen LogP contribution in [0.15, 0.2) is 23.2 Å². The van der Waals surface area contributed by atoms with Crippen molar-refractivity contribution in [3.05, 3.63) is 34.3 Å². The van der Waals surface area contributed by atoms with Gasteiger partial charge in [0, 0.05) is 19.1 Å². The van der Waals surface area contributed by atoms with Crippen molar-refractivity contribution in [3.8, 4) is 0 Å². The molecule has 0 bridgehead atoms. The summed E-state index contributed by atoms with van der Waals surface area (Å²) in [5, 5.41) is 0.542. The van der Waals surface area contributed by atoms with E-state index >= 15 is 0 Å². The second-order valence-electron chi connectivity index (χ2n) is 10.5. The molecule has 1 fully saturated rings. The standard InChI is InChI=1S/C24H36ClN5O5/c1-16-10-11-17(12-18(16)25)13-30(22(33)35-24(5,6)7)19(26-20(31)34-23(2,3)4)29-14-27(8)21(32)28(9)15-29/h10-12H,13-15H2,1-9H3. The van der Waals surface area contributed by atoms with Crippen LogP contribution in [0.2, 0.25) is 5.02 Å². The Bertz CT molecular complexity index is 985. The van der Waals surface area contributed by atoms with Crippen LogP contribution >= 0.6 is 11.6 Å². The molecule has 35 heavy (non-hydrogen) atoms. The van der Waals surface area contributed by atoms with E-state index in [0.717, 1.165) is 5.56 Å². The number of ether oxygens (including phenoxy) is 2. The van der Waals surface area contributed by atoms with Crippen LogP contribution in [0.5, 0.6) is 0 Å². The van der Waals surface area contributed by atoms with E-state index in [1.54, 1.807) is 66.6 Å². The number of hydrogen-bond donors (Lipinski definition) is 0. The van der Waals surface area contributed by atoms with E-state index < -0.39 is 23.4 Å². The highest BCUT2D eigenvalue weighted by atomic mass is 35.5. The Morgan fingerprint density at radius 2 is 1.57 bits per heavy atom. The highest BCUT2D eigenvalue weighted by molar-refractivity contribution is 6.31. The van der Waals surface area contributed by atoms with Crippen molar-refractivity contribution in [3.63, 3.8) is 0 Å². The fraction of sp³-hybridized carbons (Fsp3) is 0.583. The molecule has 0 aromatic heterocycles. The molecule has 10 nitrogen and oxygen atoms in total. The first-order valence-corrected chi connectivity index (χ1v) is 11.6. The summed E-state index contributed by atoms with van der Waals surface area (Å²) in [4.78, 5) is 48.5. The van der Waals surface area contributed by atoms with Crippen LogP contribution in [0.25, 0.3) is 0 Å². The third-order valence-corrected chi connectivity index (χ3v) is 5.13. The Hall–Kier alpha value is -3.01. The van der Waals surface area contributed by atoms with Gasteiger partial charge in [-0.05, 0) is 65.7 Å². The van der Waals surface area contributed by atoms with Gasteiger partial charge >= 0.3 is 18.2 Å². The lowest BCUT2D eigenvalue weighted by Gasteiger charge is -2.42. The average Bonchev–Trinajstić information content (AvgIpc) is 2.68. The molecule has 1 aromatic rings. The molecule has 0 atom stereocenters. The number of carbonyl (C=O) groups is 3. The van der Waals surface area contributed by atoms with Crippen molar-refractivity contribution in [2.24, 2.45) is 4.99 Å². The number of urea groups is 1. The smallest absolute Gasteiger partial charge is 0.437 e. The molecule has 0 unspecified atom stereocenters. The van der Waals surface area contributed by atoms with E-state index in [1.165, 1.54) is 14.7 Å². The zero-order valence-corrected chi connectivity index (χ0v) is 22.8. The first kappa shape index (κ1) is 28.2. The van der Waals surface area contributed by atoms with Crippen LogP contribution in [0, 0.1) is 6.92 Å². The van der Waals surface area contributed by atoms with Gasteiger partial charge in [-0.25, -0.2) is 19.3 Å². The molecule has 2 rings (SSSR count). The quantitative estimate of drug-likeness (QED) is 0.416. The lowest BCUT2D eigenvalue weighted by atomic mass is 10.1. The van der Waals surface area contributed by atoms with Gasteiger partial charge in [-0.1, -0.05) is 23.7 Å². The van der Waals surface area contributed by atoms with E-state index in [2.05, 4.69) is 4.99 Å². The number of nitrogens with zero attached hydrogens (tertiary/aromatic N) is 5. The molecule has 1 aliphatic rings. The third kappa shape index (κ3) is 8.31. The Kier molecular flexibility index (Phi) is 8.65. The highest BCUT2D eigenvalue weighted by Gasteiger charge is 2.35. The van der Waals surface area contributed by atoms with Crippen LogP contribution in [0.3, 0.4) is 0 Å². The first-order valence-electron chi connectivity index (χ1n) is 11.3. The van der Waals surface area contributed by atoms with E-state index in [4.69, 9.17) is 21.1 Å². The summed E-state index contributed by atoms with van der Waals surface area (Å²) in [6.07, 6.45) is -1.58. The van der Waals surface area contributed by atoms with Crippen LogP contribution in [-0.2, 0) is 16.0 Å². The predicted octanol–water partition coefficient (Wildman–Crippen LogP) is 4.89. The molecule has 1 saturated heterocycles. The SMILES string of the molecule is Cc1ccc(CN(C(=O)OC(C)(C)C)C(=NC(=O)OC(C)(C)C)N2CN(C)C(=O)N(C)C2)cc1Cl. The Labute approximate surface area is 212 Å². The Morgan fingerprint density at radius 3 is 2.06 bits per heavy atom. The summed E-state index contributed by atoms with van der Waals surface area (Å²) in [6, 6.07) is 5.22. The molecule has 0 aliphatic carbocycles. The zero-order valence-electron chi connectivity index (χ0n) is 22.0. The second-order valence-corrected chi connectivity index (χ2v) is 11.0. The van der Waals surface area contributed by atoms with Crippen LogP contribution < -0.4 is 0 Å². The average molecular weight is 510 g/mol. The molecule has 0 saturated carbocycles. The molecule has 1 aliphatic heterocycles. The van der Waals surface area contributed by atoms with Gasteiger partial charge in [0.2, 0.25) is 5.96 Å². The summed E-state index contributed by atoms with van der Waals surface area (Å²) in [5.74, 6) is -0.00334. The van der Waals surface area contributed by atoms with Gasteiger partial charge in [0.25, 0.3) is 0 Å². The molecule has 4 amide bonds. The number of rotatable bonds is 2. The molecule has 0 radical (unpaired) electrons. The topological polar surface area (TPSA) is 95.0 Å². The van der Waals surface area contributed by atoms with E-state index in [9.17, 15) is 14.4 Å². The number of amides is 4. The van der Waals surface area contributed by atoms with E-state index in [1.807, 2.05) is 19.1 Å². The lowest BCUT2D eigenvalue weighted by Crippen LogP contribution is -2.60. The summed E-state index contributed by atoms with van der Waals surface area (Å²) < 4.78 is 11.1. The van der Waals surface area contributed by atoms with Crippen molar-refractivity contribution in [1.29, 1.82) is 0 Å². The van der Waals surface area contributed by atoms with Crippen molar-refractivity contribution in [2.45, 2.75) is 66.2 Å². The summed E-state index contributed by atoms with van der Waals surface area (Å²) in [5.41, 5.74) is -0.000929. The van der Waals surface area contributed by atoms with E-state index in [0.29, 0.717) is 10.6 Å². The minimum Gasteiger partial charge on any atom is -0.443 e. The number of aryl methyl sites for hydroxylation is 1. The fourth-order valence-electron chi connectivity index (χ4n) is 3.22. The predicted molar refractivity (Wildman–Crippen MR) is 134 cm³/mol. The van der Waals surface area contributed by atoms with Gasteiger partial charge in [-0.15, -0.1) is 4.99 Å². The van der Waals surface area contributed by atoms with Crippen molar-refractivity contribution in [1.82, 2.24) is 19.6 Å². The number of hydrogen-bond acceptors (Lipinski definition) is 5. The fourth-order valence-corrected chi connectivity index (χ4v) is 3.42. The van der Waals surface area contributed by atoms with Crippen molar-refractivity contribution >= 4 is 35.8 Å². The Morgan fingerprint density at radius 1 is 1.03 bits per heavy atom. The van der Waals surface area contributed by atoms with Gasteiger partial charge in [0.15, 0.2) is 0 Å². The third-order valence-electron chi connectivity index (χ3n) is 4.72. The molecule has 1 aromatic carbocycles. The maximum absolute atomic E-state index is 13.4. The van der Waals surface area contributed by atoms with Crippen LogP contribution in [-0.4, -0.2) is 82.4 Å². The van der Waals surface area contributed by atoms with Gasteiger partial charge in [-0.2, -0.15) is 0 Å². The van der Waals surface area contributed by atoms with Gasteiger partial charge < -0.3 is 24.2 Å². The van der Waals surface area contributed by atoms with Crippen molar-refractivity contribution in [2.75, 3.05) is 27.4 Å². The Balaban J connectivity index is 2.59. The number of guanidine groups is 1. The molecule has 1 heterocycles. The summed E-state index contributed by atoms with van der Waals surface area (Å²) in [6.45, 7) is 12.5. The number of aliphatic imine (C=N–C) groups is 1. The zero-order chi connectivity index (χ0) is 26.7. The maximum Gasteiger partial charge on any atom is 0.437 e. The minimum absolute atomic E-state index is 0.00334. The molecule has 0 spiro atoms. The molecule has 0 N–H and O–H groups in total. The van der Waals surface area contributed by atoms with Crippen molar-refractivity contribution < 1.29 is 23.9 Å². The monoisotopic (exact) mass is 509 g/mol. The highest BCUT2D eigenvalue weighted by Crippen LogP contribution is 2.21. The number of halogens is 1. The van der Waals surface area contributed by atoms with E-state index in [-0.39, 0.29) is 31.9 Å². The second kappa shape index (κ2) is 10.7. The van der Waals surface area contributed by atoms with Gasteiger partial charge in [0.1, 0.15) is 11.2 Å². The molecular formula is C24H36ClN5O5. The number of benzene rings is 1. The van der Waals surface area contributed by atoms with Gasteiger partial charge in [-0.3, -0.25) is 0 Å². The van der Waals surface area contributed by atoms with Gasteiger partial charge in [0.05, 0.1) is 19.9 Å². The normalized spacial score (nSPS) is 15.3.